The minimum absolute atomic E-state index is 0.0679. The molecule has 1 atom stereocenters. The first-order valence-corrected chi connectivity index (χ1v) is 11.3. The Hall–Kier alpha value is -0.700. The van der Waals surface area contributed by atoms with E-state index in [-0.39, 0.29) is 6.10 Å². The molecule has 1 fully saturated rings. The topological polar surface area (TPSA) is 54.4 Å². The van der Waals surface area contributed by atoms with Crippen molar-refractivity contribution in [3.05, 3.63) is 0 Å². The zero-order chi connectivity index (χ0) is 18.9. The highest BCUT2D eigenvalue weighted by molar-refractivity contribution is 5.49. The summed E-state index contributed by atoms with van der Waals surface area (Å²) in [5.41, 5.74) is 0.411. The first-order valence-electron chi connectivity index (χ1n) is 11.3. The first kappa shape index (κ1) is 23.3. The maximum Gasteiger partial charge on any atom is 0.119 e. The van der Waals surface area contributed by atoms with Gasteiger partial charge in [0.2, 0.25) is 0 Å². The predicted molar refractivity (Wildman–Crippen MR) is 108 cm³/mol. The maximum absolute atomic E-state index is 10.3. The average molecular weight is 367 g/mol. The Morgan fingerprint density at radius 3 is 1.50 bits per heavy atom. The van der Waals surface area contributed by atoms with Crippen molar-refractivity contribution < 1.29 is 14.7 Å². The van der Waals surface area contributed by atoms with E-state index in [9.17, 15) is 14.7 Å². The predicted octanol–water partition coefficient (Wildman–Crippen LogP) is 6.16. The van der Waals surface area contributed by atoms with Crippen molar-refractivity contribution in [1.29, 1.82) is 0 Å². The number of hydrogen-bond acceptors (Lipinski definition) is 3. The van der Waals surface area contributed by atoms with E-state index in [1.807, 2.05) is 0 Å². The molecule has 1 N–H and O–H groups in total. The highest BCUT2D eigenvalue weighted by atomic mass is 16.3. The van der Waals surface area contributed by atoms with Gasteiger partial charge in [0.05, 0.1) is 6.10 Å². The van der Waals surface area contributed by atoms with E-state index in [0.29, 0.717) is 5.41 Å². The van der Waals surface area contributed by atoms with Crippen LogP contribution in [0.1, 0.15) is 122 Å². The van der Waals surface area contributed by atoms with Crippen LogP contribution >= 0.6 is 0 Å². The van der Waals surface area contributed by atoms with E-state index >= 15 is 0 Å². The summed E-state index contributed by atoms with van der Waals surface area (Å²) >= 11 is 0. The minimum atomic E-state index is -0.0679. The van der Waals surface area contributed by atoms with Gasteiger partial charge in [-0.15, -0.1) is 0 Å². The number of carbonyl (C=O) groups excluding carboxylic acids is 2. The fourth-order valence-corrected chi connectivity index (χ4v) is 4.63. The molecular weight excluding hydrogens is 324 g/mol. The molecule has 0 radical (unpaired) electrons. The normalized spacial score (nSPS) is 18.9. The lowest BCUT2D eigenvalue weighted by Gasteiger charge is -2.29. The molecule has 1 unspecified atom stereocenters. The highest BCUT2D eigenvalue weighted by Gasteiger charge is 2.37. The Kier molecular flexibility index (Phi) is 13.8. The van der Waals surface area contributed by atoms with E-state index in [1.54, 1.807) is 0 Å². The van der Waals surface area contributed by atoms with E-state index < -0.39 is 0 Å². The molecule has 3 nitrogen and oxygen atoms in total. The molecule has 0 amide bonds. The van der Waals surface area contributed by atoms with Crippen LogP contribution in [0, 0.1) is 5.41 Å². The molecule has 26 heavy (non-hydrogen) atoms. The van der Waals surface area contributed by atoms with Crippen molar-refractivity contribution in [2.45, 2.75) is 128 Å². The SMILES string of the molecule is O=CCCCCCCCCC1(CCCCCCCCC=O)CCC(O)C1. The molecule has 1 aliphatic rings. The number of aliphatic hydroxyl groups is 1. The summed E-state index contributed by atoms with van der Waals surface area (Å²) in [7, 11) is 0. The van der Waals surface area contributed by atoms with E-state index in [0.717, 1.165) is 51.1 Å². The Labute approximate surface area is 161 Å². The van der Waals surface area contributed by atoms with Crippen molar-refractivity contribution >= 4 is 12.6 Å². The van der Waals surface area contributed by atoms with Crippen LogP contribution in [-0.2, 0) is 9.59 Å². The van der Waals surface area contributed by atoms with Crippen LogP contribution in [0.15, 0.2) is 0 Å². The van der Waals surface area contributed by atoms with Gasteiger partial charge in [-0.05, 0) is 50.4 Å². The molecule has 1 rings (SSSR count). The van der Waals surface area contributed by atoms with E-state index in [4.69, 9.17) is 0 Å². The van der Waals surface area contributed by atoms with Crippen LogP contribution < -0.4 is 0 Å². The molecule has 0 heterocycles. The van der Waals surface area contributed by atoms with Crippen LogP contribution in [0.2, 0.25) is 0 Å². The van der Waals surface area contributed by atoms with Crippen LogP contribution in [0.3, 0.4) is 0 Å². The van der Waals surface area contributed by atoms with Gasteiger partial charge in [-0.25, -0.2) is 0 Å². The standard InChI is InChI=1S/C23H42O3/c24-19-13-9-5-1-3-7-11-16-23(18-15-22(26)21-23)17-12-8-4-2-6-10-14-20-25/h19-20,22,26H,1-18,21H2. The van der Waals surface area contributed by atoms with E-state index in [2.05, 4.69) is 0 Å². The molecule has 0 bridgehead atoms. The van der Waals surface area contributed by atoms with Crippen molar-refractivity contribution in [3.63, 3.8) is 0 Å². The number of aliphatic hydroxyl groups excluding tert-OH is 1. The van der Waals surface area contributed by atoms with Crippen molar-refractivity contribution in [2.75, 3.05) is 0 Å². The van der Waals surface area contributed by atoms with Crippen molar-refractivity contribution in [3.8, 4) is 0 Å². The molecule has 0 aromatic rings. The summed E-state index contributed by atoms with van der Waals surface area (Å²) in [6.07, 6.45) is 24.0. The lowest BCUT2D eigenvalue weighted by Crippen LogP contribution is -2.18. The van der Waals surface area contributed by atoms with Crippen LogP contribution in [0.5, 0.6) is 0 Å². The third-order valence-electron chi connectivity index (χ3n) is 6.23. The van der Waals surface area contributed by atoms with Gasteiger partial charge < -0.3 is 14.7 Å². The molecule has 1 saturated carbocycles. The summed E-state index contributed by atoms with van der Waals surface area (Å²) in [5.74, 6) is 0. The number of unbranched alkanes of at least 4 members (excludes halogenated alkanes) is 12. The first-order chi connectivity index (χ1) is 12.7. The van der Waals surface area contributed by atoms with Crippen molar-refractivity contribution in [1.82, 2.24) is 0 Å². The second-order valence-corrected chi connectivity index (χ2v) is 8.55. The van der Waals surface area contributed by atoms with E-state index in [1.165, 1.54) is 83.5 Å². The fraction of sp³-hybridized carbons (Fsp3) is 0.913. The second kappa shape index (κ2) is 15.4. The number of carbonyl (C=O) groups is 2. The zero-order valence-electron chi connectivity index (χ0n) is 16.9. The van der Waals surface area contributed by atoms with Gasteiger partial charge in [0.15, 0.2) is 0 Å². The molecule has 3 heteroatoms. The monoisotopic (exact) mass is 366 g/mol. The molecule has 0 spiro atoms. The lowest BCUT2D eigenvalue weighted by molar-refractivity contribution is -0.108. The summed E-state index contributed by atoms with van der Waals surface area (Å²) in [6.45, 7) is 0. The molecular formula is C23H42O3. The summed E-state index contributed by atoms with van der Waals surface area (Å²) in [4.78, 5) is 20.6. The van der Waals surface area contributed by atoms with Gasteiger partial charge in [0.25, 0.3) is 0 Å². The van der Waals surface area contributed by atoms with Gasteiger partial charge in [-0.1, -0.05) is 64.2 Å². The largest absolute Gasteiger partial charge is 0.393 e. The van der Waals surface area contributed by atoms with Crippen LogP contribution in [-0.4, -0.2) is 23.8 Å². The van der Waals surface area contributed by atoms with Crippen molar-refractivity contribution in [2.24, 2.45) is 5.41 Å². The van der Waals surface area contributed by atoms with Gasteiger partial charge >= 0.3 is 0 Å². The number of aldehydes is 2. The summed E-state index contributed by atoms with van der Waals surface area (Å²) in [5, 5.41) is 10.1. The van der Waals surface area contributed by atoms with Gasteiger partial charge in [0.1, 0.15) is 12.6 Å². The second-order valence-electron chi connectivity index (χ2n) is 8.55. The Balaban J connectivity index is 2.11. The van der Waals surface area contributed by atoms with Crippen LogP contribution in [0.4, 0.5) is 0 Å². The molecule has 0 aromatic carbocycles. The van der Waals surface area contributed by atoms with Gasteiger partial charge in [-0.2, -0.15) is 0 Å². The maximum atomic E-state index is 10.3. The quantitative estimate of drug-likeness (QED) is 0.233. The zero-order valence-corrected chi connectivity index (χ0v) is 16.9. The van der Waals surface area contributed by atoms with Crippen LogP contribution in [0.25, 0.3) is 0 Å². The summed E-state index contributed by atoms with van der Waals surface area (Å²) in [6, 6.07) is 0. The Bertz CT molecular complexity index is 329. The molecule has 152 valence electrons. The number of hydrogen-bond donors (Lipinski definition) is 1. The molecule has 0 saturated heterocycles. The molecule has 0 aromatic heterocycles. The number of rotatable bonds is 18. The lowest BCUT2D eigenvalue weighted by atomic mass is 9.76. The fourth-order valence-electron chi connectivity index (χ4n) is 4.63. The minimum Gasteiger partial charge on any atom is -0.393 e. The van der Waals surface area contributed by atoms with Gasteiger partial charge in [-0.3, -0.25) is 0 Å². The Morgan fingerprint density at radius 2 is 1.12 bits per heavy atom. The third-order valence-corrected chi connectivity index (χ3v) is 6.23. The third kappa shape index (κ3) is 11.1. The summed E-state index contributed by atoms with van der Waals surface area (Å²) < 4.78 is 0. The van der Waals surface area contributed by atoms with Gasteiger partial charge in [0, 0.05) is 12.8 Å². The highest BCUT2D eigenvalue weighted by Crippen LogP contribution is 2.46. The molecule has 1 aliphatic carbocycles. The molecule has 0 aliphatic heterocycles. The average Bonchev–Trinajstić information content (AvgIpc) is 3.01. The Morgan fingerprint density at radius 1 is 0.692 bits per heavy atom. The smallest absolute Gasteiger partial charge is 0.119 e.